The van der Waals surface area contributed by atoms with Gasteiger partial charge in [-0.25, -0.2) is 0 Å². The van der Waals surface area contributed by atoms with E-state index in [1.165, 1.54) is 0 Å². The summed E-state index contributed by atoms with van der Waals surface area (Å²) in [6.45, 7) is 4.38. The third kappa shape index (κ3) is 2.07. The van der Waals surface area contributed by atoms with Crippen molar-refractivity contribution >= 4 is 5.78 Å². The lowest BCUT2D eigenvalue weighted by Crippen LogP contribution is -2.31. The Kier molecular flexibility index (Phi) is 2.89. The molecule has 2 heteroatoms. The molecule has 0 aromatic carbocycles. The second-order valence-corrected chi connectivity index (χ2v) is 4.46. The number of Topliss-reactive ketones (excluding diaryl/α,β-unsaturated/α-hetero) is 1. The average Bonchev–Trinajstić information content (AvgIpc) is 2.05. The van der Waals surface area contributed by atoms with E-state index in [4.69, 9.17) is 5.11 Å². The second-order valence-electron chi connectivity index (χ2n) is 4.46. The molecule has 1 fully saturated rings. The van der Waals surface area contributed by atoms with Gasteiger partial charge in [-0.05, 0) is 24.2 Å². The Morgan fingerprint density at radius 1 is 1.42 bits per heavy atom. The topological polar surface area (TPSA) is 37.3 Å². The maximum Gasteiger partial charge on any atom is 0.132 e. The molecule has 0 aromatic rings. The van der Waals surface area contributed by atoms with Crippen LogP contribution in [-0.2, 0) is 4.79 Å². The van der Waals surface area contributed by atoms with Gasteiger partial charge in [-0.15, -0.1) is 0 Å². The molecule has 2 nitrogen and oxygen atoms in total. The van der Waals surface area contributed by atoms with E-state index in [1.807, 2.05) is 0 Å². The molecule has 0 bridgehead atoms. The highest BCUT2D eigenvalue weighted by Gasteiger charge is 2.31. The summed E-state index contributed by atoms with van der Waals surface area (Å²) in [5.74, 6) is 0.917. The van der Waals surface area contributed by atoms with E-state index in [9.17, 15) is 4.79 Å². The van der Waals surface area contributed by atoms with Crippen LogP contribution in [0.4, 0.5) is 0 Å². The smallest absolute Gasteiger partial charge is 0.132 e. The Balaban J connectivity index is 2.49. The zero-order valence-corrected chi connectivity index (χ0v) is 7.97. The summed E-state index contributed by atoms with van der Waals surface area (Å²) >= 11 is 0. The molecule has 0 heterocycles. The molecule has 0 radical (unpaired) electrons. The molecule has 0 amide bonds. The number of aliphatic hydroxyl groups excluding tert-OH is 1. The van der Waals surface area contributed by atoms with Gasteiger partial charge in [0.1, 0.15) is 5.78 Å². The third-order valence-electron chi connectivity index (χ3n) is 3.06. The molecule has 0 saturated heterocycles. The first kappa shape index (κ1) is 9.72. The van der Waals surface area contributed by atoms with E-state index in [-0.39, 0.29) is 12.0 Å². The Morgan fingerprint density at radius 2 is 1.92 bits per heavy atom. The van der Waals surface area contributed by atoms with Crippen molar-refractivity contribution in [1.82, 2.24) is 0 Å². The van der Waals surface area contributed by atoms with Crippen LogP contribution < -0.4 is 0 Å². The van der Waals surface area contributed by atoms with Crippen molar-refractivity contribution in [3.8, 4) is 0 Å². The van der Waals surface area contributed by atoms with Gasteiger partial charge >= 0.3 is 0 Å². The standard InChI is InChI=1S/C10H18O2/c1-10(2,7-11)8-3-5-9(12)6-4-8/h8,11H,3-7H2,1-2H3. The lowest BCUT2D eigenvalue weighted by molar-refractivity contribution is -0.122. The van der Waals surface area contributed by atoms with Crippen LogP contribution in [0.15, 0.2) is 0 Å². The molecule has 0 spiro atoms. The first-order valence-electron chi connectivity index (χ1n) is 4.69. The van der Waals surface area contributed by atoms with Gasteiger partial charge in [0.2, 0.25) is 0 Å². The normalized spacial score (nSPS) is 21.4. The number of carbonyl (C=O) groups excluding carboxylic acids is 1. The Bertz CT molecular complexity index is 163. The minimum Gasteiger partial charge on any atom is -0.396 e. The molecule has 1 rings (SSSR count). The predicted octanol–water partition coefficient (Wildman–Crippen LogP) is 1.76. The van der Waals surface area contributed by atoms with E-state index in [1.54, 1.807) is 0 Å². The van der Waals surface area contributed by atoms with Gasteiger partial charge in [-0.2, -0.15) is 0 Å². The largest absolute Gasteiger partial charge is 0.396 e. The van der Waals surface area contributed by atoms with Gasteiger partial charge in [-0.3, -0.25) is 4.79 Å². The van der Waals surface area contributed by atoms with Gasteiger partial charge in [0.25, 0.3) is 0 Å². The van der Waals surface area contributed by atoms with Crippen molar-refractivity contribution < 1.29 is 9.90 Å². The fourth-order valence-electron chi connectivity index (χ4n) is 1.85. The van der Waals surface area contributed by atoms with Crippen LogP contribution in [0.3, 0.4) is 0 Å². The zero-order chi connectivity index (χ0) is 9.19. The second kappa shape index (κ2) is 3.56. The average molecular weight is 170 g/mol. The molecule has 0 unspecified atom stereocenters. The summed E-state index contributed by atoms with van der Waals surface area (Å²) in [5.41, 5.74) is 0.000694. The molecule has 0 aliphatic heterocycles. The zero-order valence-electron chi connectivity index (χ0n) is 7.97. The maximum atomic E-state index is 11.0. The van der Waals surface area contributed by atoms with Gasteiger partial charge in [0, 0.05) is 19.4 Å². The lowest BCUT2D eigenvalue weighted by atomic mass is 9.71. The Labute approximate surface area is 74.0 Å². The van der Waals surface area contributed by atoms with Crippen molar-refractivity contribution in [2.45, 2.75) is 39.5 Å². The quantitative estimate of drug-likeness (QED) is 0.685. The van der Waals surface area contributed by atoms with Crippen LogP contribution >= 0.6 is 0 Å². The Morgan fingerprint density at radius 3 is 2.33 bits per heavy atom. The summed E-state index contributed by atoms with van der Waals surface area (Å²) in [6.07, 6.45) is 3.36. The molecule has 1 saturated carbocycles. The van der Waals surface area contributed by atoms with E-state index >= 15 is 0 Å². The van der Waals surface area contributed by atoms with Gasteiger partial charge in [0.15, 0.2) is 0 Å². The van der Waals surface area contributed by atoms with Crippen molar-refractivity contribution in [3.05, 3.63) is 0 Å². The molecule has 1 aliphatic carbocycles. The number of aliphatic hydroxyl groups is 1. The van der Waals surface area contributed by atoms with Crippen molar-refractivity contribution in [3.63, 3.8) is 0 Å². The number of carbonyl (C=O) groups is 1. The summed E-state index contributed by atoms with van der Waals surface area (Å²) in [7, 11) is 0. The summed E-state index contributed by atoms with van der Waals surface area (Å²) in [6, 6.07) is 0. The number of hydrogen-bond acceptors (Lipinski definition) is 2. The molecule has 70 valence electrons. The third-order valence-corrected chi connectivity index (χ3v) is 3.06. The minimum atomic E-state index is 0.000694. The van der Waals surface area contributed by atoms with Crippen molar-refractivity contribution in [2.75, 3.05) is 6.61 Å². The summed E-state index contributed by atoms with van der Waals surface area (Å²) in [5, 5.41) is 9.13. The molecule has 0 aromatic heterocycles. The van der Waals surface area contributed by atoms with Crippen LogP contribution in [0.5, 0.6) is 0 Å². The van der Waals surface area contributed by atoms with E-state index in [2.05, 4.69) is 13.8 Å². The van der Waals surface area contributed by atoms with Crippen LogP contribution in [0.2, 0.25) is 0 Å². The van der Waals surface area contributed by atoms with Gasteiger partial charge in [-0.1, -0.05) is 13.8 Å². The summed E-state index contributed by atoms with van der Waals surface area (Å²) in [4.78, 5) is 11.0. The first-order valence-corrected chi connectivity index (χ1v) is 4.69. The molecule has 12 heavy (non-hydrogen) atoms. The highest BCUT2D eigenvalue weighted by Crippen LogP contribution is 2.36. The Hall–Kier alpha value is -0.370. The van der Waals surface area contributed by atoms with E-state index < -0.39 is 0 Å². The molecule has 1 N–H and O–H groups in total. The monoisotopic (exact) mass is 170 g/mol. The fraction of sp³-hybridized carbons (Fsp3) is 0.900. The molecule has 0 atom stereocenters. The SMILES string of the molecule is CC(C)(CO)C1CCC(=O)CC1. The van der Waals surface area contributed by atoms with Crippen molar-refractivity contribution in [1.29, 1.82) is 0 Å². The van der Waals surface area contributed by atoms with E-state index in [0.717, 1.165) is 12.8 Å². The highest BCUT2D eigenvalue weighted by molar-refractivity contribution is 5.79. The lowest BCUT2D eigenvalue weighted by Gasteiger charge is -2.34. The number of rotatable bonds is 2. The van der Waals surface area contributed by atoms with Crippen LogP contribution in [0, 0.1) is 11.3 Å². The van der Waals surface area contributed by atoms with Crippen LogP contribution in [-0.4, -0.2) is 17.5 Å². The predicted molar refractivity (Wildman–Crippen MR) is 47.8 cm³/mol. The molecular weight excluding hydrogens is 152 g/mol. The first-order chi connectivity index (χ1) is 5.56. The number of ketones is 1. The molecule has 1 aliphatic rings. The van der Waals surface area contributed by atoms with Crippen molar-refractivity contribution in [2.24, 2.45) is 11.3 Å². The van der Waals surface area contributed by atoms with Gasteiger partial charge in [0.05, 0.1) is 0 Å². The number of hydrogen-bond donors (Lipinski definition) is 1. The molecular formula is C10H18O2. The minimum absolute atomic E-state index is 0.000694. The van der Waals surface area contributed by atoms with E-state index in [0.29, 0.717) is 24.5 Å². The fourth-order valence-corrected chi connectivity index (χ4v) is 1.85. The maximum absolute atomic E-state index is 11.0. The summed E-state index contributed by atoms with van der Waals surface area (Å²) < 4.78 is 0. The van der Waals surface area contributed by atoms with Crippen LogP contribution in [0.25, 0.3) is 0 Å². The van der Waals surface area contributed by atoms with Crippen LogP contribution in [0.1, 0.15) is 39.5 Å². The van der Waals surface area contributed by atoms with Gasteiger partial charge < -0.3 is 5.11 Å². The highest BCUT2D eigenvalue weighted by atomic mass is 16.3.